The van der Waals surface area contributed by atoms with E-state index in [2.05, 4.69) is 6.58 Å². The van der Waals surface area contributed by atoms with Gasteiger partial charge in [-0.2, -0.15) is 0 Å². The third-order valence-electron chi connectivity index (χ3n) is 6.00. The van der Waals surface area contributed by atoms with Crippen molar-refractivity contribution in [2.45, 2.75) is 91.3 Å². The van der Waals surface area contributed by atoms with Gasteiger partial charge in [0.2, 0.25) is 0 Å². The minimum atomic E-state index is -0.833. The van der Waals surface area contributed by atoms with Crippen molar-refractivity contribution in [2.24, 2.45) is 11.8 Å². The molecule has 3 nitrogen and oxygen atoms in total. The van der Waals surface area contributed by atoms with E-state index in [0.717, 1.165) is 38.7 Å². The van der Waals surface area contributed by atoms with Crippen LogP contribution >= 0.6 is 0 Å². The summed E-state index contributed by atoms with van der Waals surface area (Å²) < 4.78 is 45.0. The van der Waals surface area contributed by atoms with Gasteiger partial charge in [0.15, 0.2) is 11.7 Å². The molecule has 2 rings (SSSR count). The van der Waals surface area contributed by atoms with Crippen LogP contribution in [0.4, 0.5) is 8.78 Å². The second-order valence-corrected chi connectivity index (χ2v) is 8.17. The lowest BCUT2D eigenvalue weighted by Crippen LogP contribution is -2.30. The van der Waals surface area contributed by atoms with Gasteiger partial charge in [0, 0.05) is 13.0 Å². The molecule has 1 fully saturated rings. The van der Waals surface area contributed by atoms with Crippen molar-refractivity contribution in [3.8, 4) is 0 Å². The zero-order chi connectivity index (χ0) is 22.5. The lowest BCUT2D eigenvalue weighted by atomic mass is 9.88. The summed E-state index contributed by atoms with van der Waals surface area (Å²) in [6.07, 6.45) is 9.16. The lowest BCUT2D eigenvalue weighted by Gasteiger charge is -2.29. The Hall–Kier alpha value is -1.20. The molecule has 2 aliphatic rings. The first kappa shape index (κ1) is 26.8. The fourth-order valence-corrected chi connectivity index (χ4v) is 3.97. The van der Waals surface area contributed by atoms with Gasteiger partial charge in [0.25, 0.3) is 0 Å². The van der Waals surface area contributed by atoms with E-state index in [4.69, 9.17) is 14.2 Å². The van der Waals surface area contributed by atoms with Crippen LogP contribution in [-0.4, -0.2) is 32.5 Å². The monoisotopic (exact) mass is 428 g/mol. The van der Waals surface area contributed by atoms with E-state index >= 15 is 0 Å². The average molecular weight is 429 g/mol. The maximum atomic E-state index is 14.3. The molecule has 4 atom stereocenters. The molecular formula is C25H42F2O3. The smallest absolute Gasteiger partial charge is 0.196 e. The van der Waals surface area contributed by atoms with Crippen LogP contribution in [0.2, 0.25) is 0 Å². The number of hydrogen-bond donors (Lipinski definition) is 0. The van der Waals surface area contributed by atoms with Crippen molar-refractivity contribution < 1.29 is 23.0 Å². The number of allylic oxidation sites excluding steroid dienone is 5. The number of methoxy groups -OCH3 is 1. The zero-order valence-electron chi connectivity index (χ0n) is 19.6. The van der Waals surface area contributed by atoms with Gasteiger partial charge in [0.05, 0.1) is 25.9 Å². The number of hydrogen-bond acceptors (Lipinski definition) is 3. The summed E-state index contributed by atoms with van der Waals surface area (Å²) in [7, 11) is 1.38. The molecule has 0 radical (unpaired) electrons. The summed E-state index contributed by atoms with van der Waals surface area (Å²) in [5.41, 5.74) is 0.562. The van der Waals surface area contributed by atoms with Gasteiger partial charge < -0.3 is 14.2 Å². The standard InChI is InChI=1S/C23H36F2O3.C2H6/c1-5-6-7-18-10-11-19(28-14-18)15-27-17(3)9-8-16(2)20-12-13-21(26-4)23(25)22(20)24;1-2/h5,16-19H,1,6-15H2,2-4H3;1-2H3. The zero-order valence-corrected chi connectivity index (χ0v) is 19.6. The molecule has 174 valence electrons. The molecule has 1 saturated heterocycles. The van der Waals surface area contributed by atoms with Gasteiger partial charge in [-0.25, -0.2) is 8.78 Å². The van der Waals surface area contributed by atoms with Crippen LogP contribution in [0.1, 0.15) is 79.1 Å². The molecule has 5 heteroatoms. The summed E-state index contributed by atoms with van der Waals surface area (Å²) in [6.45, 7) is 13.2. The summed E-state index contributed by atoms with van der Waals surface area (Å²) in [5.74, 6) is -0.818. The van der Waals surface area contributed by atoms with Gasteiger partial charge in [-0.1, -0.05) is 26.8 Å². The van der Waals surface area contributed by atoms with Crippen molar-refractivity contribution in [3.05, 3.63) is 35.6 Å². The predicted octanol–water partition coefficient (Wildman–Crippen LogP) is 7.44. The molecule has 0 spiro atoms. The van der Waals surface area contributed by atoms with Crippen LogP contribution in [0.5, 0.6) is 0 Å². The summed E-state index contributed by atoms with van der Waals surface area (Å²) >= 11 is 0. The van der Waals surface area contributed by atoms with Crippen LogP contribution < -0.4 is 0 Å². The van der Waals surface area contributed by atoms with E-state index in [1.807, 2.05) is 33.8 Å². The number of ether oxygens (including phenoxy) is 3. The Bertz CT molecular complexity index is 563. The summed E-state index contributed by atoms with van der Waals surface area (Å²) in [5, 5.41) is 0. The molecule has 0 bridgehead atoms. The Morgan fingerprint density at radius 3 is 2.47 bits per heavy atom. The molecule has 1 heterocycles. The third kappa shape index (κ3) is 8.50. The fraction of sp³-hybridized carbons (Fsp3) is 0.760. The molecule has 30 heavy (non-hydrogen) atoms. The van der Waals surface area contributed by atoms with E-state index in [0.29, 0.717) is 30.9 Å². The molecule has 0 aromatic carbocycles. The second kappa shape index (κ2) is 14.7. The van der Waals surface area contributed by atoms with Crippen LogP contribution in [-0.2, 0) is 14.2 Å². The topological polar surface area (TPSA) is 27.7 Å². The Balaban J connectivity index is 0.00000218. The molecule has 1 aliphatic carbocycles. The maximum Gasteiger partial charge on any atom is 0.196 e. The van der Waals surface area contributed by atoms with Crippen molar-refractivity contribution in [2.75, 3.05) is 20.3 Å². The van der Waals surface area contributed by atoms with E-state index in [1.165, 1.54) is 13.5 Å². The minimum absolute atomic E-state index is 0.00763. The molecule has 0 amide bonds. The van der Waals surface area contributed by atoms with Crippen LogP contribution in [0, 0.1) is 11.8 Å². The van der Waals surface area contributed by atoms with Crippen LogP contribution in [0.25, 0.3) is 0 Å². The van der Waals surface area contributed by atoms with Gasteiger partial charge in [0.1, 0.15) is 5.76 Å². The van der Waals surface area contributed by atoms with Gasteiger partial charge >= 0.3 is 0 Å². The SMILES string of the molecule is C=CCCC1CCC(COC(C)CCC(C)C2=C(F)C(F)=C(OC)CC2)OC1.CC. The Kier molecular flexibility index (Phi) is 13.2. The number of rotatable bonds is 11. The van der Waals surface area contributed by atoms with E-state index < -0.39 is 11.7 Å². The highest BCUT2D eigenvalue weighted by atomic mass is 19.2. The molecule has 0 saturated carbocycles. The van der Waals surface area contributed by atoms with Crippen molar-refractivity contribution in [1.29, 1.82) is 0 Å². The number of halogens is 2. The van der Waals surface area contributed by atoms with Gasteiger partial charge in [-0.15, -0.1) is 6.58 Å². The first-order valence-corrected chi connectivity index (χ1v) is 11.6. The Morgan fingerprint density at radius 2 is 1.87 bits per heavy atom. The fourth-order valence-electron chi connectivity index (χ4n) is 3.97. The average Bonchev–Trinajstić information content (AvgIpc) is 2.78. The highest BCUT2D eigenvalue weighted by molar-refractivity contribution is 5.33. The highest BCUT2D eigenvalue weighted by Gasteiger charge is 2.27. The van der Waals surface area contributed by atoms with Crippen molar-refractivity contribution >= 4 is 0 Å². The summed E-state index contributed by atoms with van der Waals surface area (Å²) in [6, 6.07) is 0. The second-order valence-electron chi connectivity index (χ2n) is 8.17. The molecular weight excluding hydrogens is 386 g/mol. The molecule has 4 unspecified atom stereocenters. The quantitative estimate of drug-likeness (QED) is 0.320. The highest BCUT2D eigenvalue weighted by Crippen LogP contribution is 2.37. The van der Waals surface area contributed by atoms with Gasteiger partial charge in [-0.05, 0) is 69.3 Å². The molecule has 1 aliphatic heterocycles. The minimum Gasteiger partial charge on any atom is -0.498 e. The van der Waals surface area contributed by atoms with Crippen molar-refractivity contribution in [1.82, 2.24) is 0 Å². The maximum absolute atomic E-state index is 14.3. The van der Waals surface area contributed by atoms with E-state index in [-0.39, 0.29) is 23.9 Å². The van der Waals surface area contributed by atoms with Crippen LogP contribution in [0.3, 0.4) is 0 Å². The summed E-state index contributed by atoms with van der Waals surface area (Å²) in [4.78, 5) is 0. The normalized spacial score (nSPS) is 24.1. The Labute approximate surface area is 182 Å². The first-order chi connectivity index (χ1) is 14.5. The molecule has 0 aromatic rings. The third-order valence-corrected chi connectivity index (χ3v) is 6.00. The largest absolute Gasteiger partial charge is 0.498 e. The van der Waals surface area contributed by atoms with Crippen molar-refractivity contribution in [3.63, 3.8) is 0 Å². The predicted molar refractivity (Wildman–Crippen MR) is 120 cm³/mol. The first-order valence-electron chi connectivity index (χ1n) is 11.6. The van der Waals surface area contributed by atoms with Gasteiger partial charge in [-0.3, -0.25) is 0 Å². The molecule has 0 aromatic heterocycles. The van der Waals surface area contributed by atoms with E-state index in [1.54, 1.807) is 0 Å². The Morgan fingerprint density at radius 1 is 1.13 bits per heavy atom. The lowest BCUT2D eigenvalue weighted by molar-refractivity contribution is -0.0778. The van der Waals surface area contributed by atoms with Crippen LogP contribution in [0.15, 0.2) is 35.6 Å². The van der Waals surface area contributed by atoms with E-state index in [9.17, 15) is 8.78 Å². The molecule has 0 N–H and O–H groups in total.